The van der Waals surface area contributed by atoms with E-state index in [-0.39, 0.29) is 18.9 Å². The molecule has 2 aromatic carbocycles. The second-order valence-electron chi connectivity index (χ2n) is 6.79. The van der Waals surface area contributed by atoms with Gasteiger partial charge in [-0.25, -0.2) is 0 Å². The van der Waals surface area contributed by atoms with Crippen LogP contribution in [0.5, 0.6) is 0 Å². The van der Waals surface area contributed by atoms with Crippen LogP contribution in [0.2, 0.25) is 0 Å². The first-order valence-corrected chi connectivity index (χ1v) is 8.92. The molecule has 2 aromatic rings. The summed E-state index contributed by atoms with van der Waals surface area (Å²) in [5.74, 6) is -1.66. The van der Waals surface area contributed by atoms with Crippen LogP contribution in [0.3, 0.4) is 0 Å². The minimum Gasteiger partial charge on any atom is -0.370 e. The molecule has 27 heavy (non-hydrogen) atoms. The third kappa shape index (κ3) is 4.16. The lowest BCUT2D eigenvalue weighted by molar-refractivity contribution is -0.151. The Morgan fingerprint density at radius 2 is 1.74 bits per heavy atom. The molecule has 0 radical (unpaired) electrons. The summed E-state index contributed by atoms with van der Waals surface area (Å²) < 4.78 is 0. The maximum Gasteiger partial charge on any atom is 0.312 e. The lowest BCUT2D eigenvalue weighted by Gasteiger charge is -2.35. The minimum absolute atomic E-state index is 0.0174. The number of rotatable bonds is 4. The van der Waals surface area contributed by atoms with Gasteiger partial charge in [0.1, 0.15) is 0 Å². The molecule has 6 heteroatoms. The molecule has 0 spiro atoms. The minimum atomic E-state index is -0.623. The number of benzene rings is 2. The Labute approximate surface area is 158 Å². The van der Waals surface area contributed by atoms with E-state index in [9.17, 15) is 14.4 Å². The second kappa shape index (κ2) is 8.03. The van der Waals surface area contributed by atoms with Crippen molar-refractivity contribution in [2.24, 2.45) is 5.73 Å². The second-order valence-corrected chi connectivity index (χ2v) is 6.79. The number of amides is 3. The number of nitrogens with two attached hydrogens (primary N) is 1. The summed E-state index contributed by atoms with van der Waals surface area (Å²) in [7, 11) is 1.51. The fraction of sp³-hybridized carbons (Fsp3) is 0.286. The van der Waals surface area contributed by atoms with Gasteiger partial charge in [0.25, 0.3) is 0 Å². The molecule has 1 heterocycles. The van der Waals surface area contributed by atoms with Crippen molar-refractivity contribution in [1.82, 2.24) is 9.80 Å². The molecule has 1 aliphatic rings. The average molecular weight is 365 g/mol. The van der Waals surface area contributed by atoms with Gasteiger partial charge in [-0.15, -0.1) is 0 Å². The highest BCUT2D eigenvalue weighted by Crippen LogP contribution is 2.33. The molecule has 3 rings (SSSR count). The Balaban J connectivity index is 1.82. The van der Waals surface area contributed by atoms with Gasteiger partial charge in [-0.3, -0.25) is 14.4 Å². The van der Waals surface area contributed by atoms with Crippen LogP contribution in [-0.2, 0) is 20.9 Å². The monoisotopic (exact) mass is 365 g/mol. The quantitative estimate of drug-likeness (QED) is 0.834. The highest BCUT2D eigenvalue weighted by Gasteiger charge is 2.32. The van der Waals surface area contributed by atoms with Crippen molar-refractivity contribution in [1.29, 1.82) is 0 Å². The SMILES string of the molecule is CN(CCC(N)=O)C(=O)C(=O)N1Cc2ccccc2C(c2ccccc2)C1. The average Bonchev–Trinajstić information content (AvgIpc) is 2.70. The van der Waals surface area contributed by atoms with Crippen LogP contribution >= 0.6 is 0 Å². The van der Waals surface area contributed by atoms with Crippen molar-refractivity contribution >= 4 is 17.7 Å². The number of primary amides is 1. The molecule has 0 saturated carbocycles. The van der Waals surface area contributed by atoms with Crippen LogP contribution in [0.25, 0.3) is 0 Å². The van der Waals surface area contributed by atoms with Crippen LogP contribution in [0.4, 0.5) is 0 Å². The van der Waals surface area contributed by atoms with Gasteiger partial charge in [-0.1, -0.05) is 54.6 Å². The number of fused-ring (bicyclic) bond motifs is 1. The van der Waals surface area contributed by atoms with E-state index in [1.165, 1.54) is 17.5 Å². The summed E-state index contributed by atoms with van der Waals surface area (Å²) in [5, 5.41) is 0. The molecule has 0 aliphatic carbocycles. The van der Waals surface area contributed by atoms with E-state index in [1.54, 1.807) is 4.90 Å². The number of likely N-dealkylation sites (N-methyl/N-ethyl adjacent to an activating group) is 1. The van der Waals surface area contributed by atoms with E-state index in [0.29, 0.717) is 13.1 Å². The van der Waals surface area contributed by atoms with Crippen LogP contribution in [-0.4, -0.2) is 47.7 Å². The first-order chi connectivity index (χ1) is 13.0. The van der Waals surface area contributed by atoms with Gasteiger partial charge >= 0.3 is 11.8 Å². The number of carbonyl (C=O) groups excluding carboxylic acids is 3. The maximum absolute atomic E-state index is 12.8. The highest BCUT2D eigenvalue weighted by molar-refractivity contribution is 6.34. The van der Waals surface area contributed by atoms with E-state index in [2.05, 4.69) is 6.07 Å². The van der Waals surface area contributed by atoms with Crippen LogP contribution in [0.1, 0.15) is 29.0 Å². The highest BCUT2D eigenvalue weighted by atomic mass is 16.2. The summed E-state index contributed by atoms with van der Waals surface area (Å²) in [6, 6.07) is 18.0. The van der Waals surface area contributed by atoms with Crippen molar-refractivity contribution in [2.45, 2.75) is 18.9 Å². The molecule has 1 aliphatic heterocycles. The van der Waals surface area contributed by atoms with Crippen molar-refractivity contribution in [3.05, 3.63) is 71.3 Å². The van der Waals surface area contributed by atoms with Gasteiger partial charge in [-0.05, 0) is 16.7 Å². The van der Waals surface area contributed by atoms with Crippen molar-refractivity contribution in [3.8, 4) is 0 Å². The predicted octanol–water partition coefficient (Wildman–Crippen LogP) is 1.49. The molecule has 0 bridgehead atoms. The van der Waals surface area contributed by atoms with E-state index in [0.717, 1.165) is 11.1 Å². The van der Waals surface area contributed by atoms with Crippen molar-refractivity contribution in [3.63, 3.8) is 0 Å². The van der Waals surface area contributed by atoms with Gasteiger partial charge in [-0.2, -0.15) is 0 Å². The number of hydrogen-bond donors (Lipinski definition) is 1. The third-order valence-corrected chi connectivity index (χ3v) is 4.91. The van der Waals surface area contributed by atoms with E-state index >= 15 is 0 Å². The number of nitrogens with zero attached hydrogens (tertiary/aromatic N) is 2. The molecule has 140 valence electrons. The van der Waals surface area contributed by atoms with Gasteiger partial charge < -0.3 is 15.5 Å². The topological polar surface area (TPSA) is 83.7 Å². The molecule has 6 nitrogen and oxygen atoms in total. The Morgan fingerprint density at radius 3 is 2.44 bits per heavy atom. The molecule has 0 aromatic heterocycles. The Bertz CT molecular complexity index is 851. The Hall–Kier alpha value is -3.15. The summed E-state index contributed by atoms with van der Waals surface area (Å²) in [6.45, 7) is 0.968. The first kappa shape index (κ1) is 18.6. The standard InChI is InChI=1S/C21H23N3O3/c1-23(12-11-19(22)25)20(26)21(27)24-13-16-9-5-6-10-17(16)18(14-24)15-7-3-2-4-8-15/h2-10,18H,11-14H2,1H3,(H2,22,25). The number of hydrogen-bond acceptors (Lipinski definition) is 3. The summed E-state index contributed by atoms with van der Waals surface area (Å²) >= 11 is 0. The lowest BCUT2D eigenvalue weighted by atomic mass is 9.84. The van der Waals surface area contributed by atoms with Crippen molar-refractivity contribution in [2.75, 3.05) is 20.1 Å². The predicted molar refractivity (Wildman–Crippen MR) is 102 cm³/mol. The smallest absolute Gasteiger partial charge is 0.312 e. The fourth-order valence-electron chi connectivity index (χ4n) is 3.41. The summed E-state index contributed by atoms with van der Waals surface area (Å²) in [5.41, 5.74) is 8.45. The number of carbonyl (C=O) groups is 3. The van der Waals surface area contributed by atoms with Gasteiger partial charge in [0.15, 0.2) is 0 Å². The molecule has 3 amide bonds. The van der Waals surface area contributed by atoms with Crippen LogP contribution < -0.4 is 5.73 Å². The zero-order valence-corrected chi connectivity index (χ0v) is 15.3. The molecule has 2 N–H and O–H groups in total. The largest absolute Gasteiger partial charge is 0.370 e. The molecular formula is C21H23N3O3. The third-order valence-electron chi connectivity index (χ3n) is 4.91. The van der Waals surface area contributed by atoms with Gasteiger partial charge in [0.05, 0.1) is 0 Å². The first-order valence-electron chi connectivity index (χ1n) is 8.92. The molecular weight excluding hydrogens is 342 g/mol. The van der Waals surface area contributed by atoms with E-state index < -0.39 is 17.7 Å². The zero-order valence-electron chi connectivity index (χ0n) is 15.3. The van der Waals surface area contributed by atoms with Gasteiger partial charge in [0.2, 0.25) is 5.91 Å². The Morgan fingerprint density at radius 1 is 1.07 bits per heavy atom. The normalized spacial score (nSPS) is 15.7. The summed E-state index contributed by atoms with van der Waals surface area (Å²) in [6.07, 6.45) is 0.0327. The van der Waals surface area contributed by atoms with Gasteiger partial charge in [0, 0.05) is 39.0 Å². The zero-order chi connectivity index (χ0) is 19.4. The Kier molecular flexibility index (Phi) is 5.54. The van der Waals surface area contributed by atoms with Crippen molar-refractivity contribution < 1.29 is 14.4 Å². The molecule has 0 saturated heterocycles. The van der Waals surface area contributed by atoms with E-state index in [1.807, 2.05) is 48.5 Å². The maximum atomic E-state index is 12.8. The lowest BCUT2D eigenvalue weighted by Crippen LogP contribution is -2.47. The molecule has 1 atom stereocenters. The van der Waals surface area contributed by atoms with Crippen LogP contribution in [0.15, 0.2) is 54.6 Å². The fourth-order valence-corrected chi connectivity index (χ4v) is 3.41. The van der Waals surface area contributed by atoms with E-state index in [4.69, 9.17) is 5.73 Å². The summed E-state index contributed by atoms with van der Waals surface area (Å²) in [4.78, 5) is 39.0. The molecule has 1 unspecified atom stereocenters. The molecule has 0 fully saturated rings. The van der Waals surface area contributed by atoms with Crippen LogP contribution in [0, 0.1) is 0 Å².